The molecule has 0 saturated carbocycles. The monoisotopic (exact) mass is 322 g/mol. The Hall–Kier alpha value is -2.13. The van der Waals surface area contributed by atoms with Gasteiger partial charge in [0.05, 0.1) is 18.4 Å². The Labute approximate surface area is 145 Å². The maximum atomic E-state index is 5.38. The van der Waals surface area contributed by atoms with Crippen LogP contribution in [-0.4, -0.2) is 37.0 Å². The van der Waals surface area contributed by atoms with Crippen LogP contribution in [0.3, 0.4) is 0 Å². The molecule has 0 bridgehead atoms. The molecule has 1 aliphatic heterocycles. The first-order valence-corrected chi connectivity index (χ1v) is 8.74. The molecule has 3 rings (SSSR count). The summed E-state index contributed by atoms with van der Waals surface area (Å²) in [6.45, 7) is 3.99. The molecule has 1 saturated heterocycles. The molecule has 2 aromatic rings. The Morgan fingerprint density at radius 2 is 1.79 bits per heavy atom. The third kappa shape index (κ3) is 3.85. The molecule has 2 aromatic carbocycles. The minimum atomic E-state index is 0.248. The smallest absolute Gasteiger partial charge is 0.0749 e. The fourth-order valence-corrected chi connectivity index (χ4v) is 3.36. The van der Waals surface area contributed by atoms with Crippen molar-refractivity contribution in [3.63, 3.8) is 0 Å². The zero-order valence-electron chi connectivity index (χ0n) is 14.6. The first kappa shape index (κ1) is 16.7. The lowest BCUT2D eigenvalue weighted by Gasteiger charge is -2.24. The van der Waals surface area contributed by atoms with Crippen LogP contribution < -0.4 is 0 Å². The van der Waals surface area contributed by atoms with Crippen LogP contribution >= 0.6 is 0 Å². The quantitative estimate of drug-likeness (QED) is 0.741. The van der Waals surface area contributed by atoms with Crippen LogP contribution in [0.2, 0.25) is 0 Å². The third-order valence-corrected chi connectivity index (χ3v) is 4.72. The van der Waals surface area contributed by atoms with E-state index in [0.717, 1.165) is 25.3 Å². The van der Waals surface area contributed by atoms with Gasteiger partial charge in [-0.2, -0.15) is 5.10 Å². The van der Waals surface area contributed by atoms with Crippen molar-refractivity contribution in [3.05, 3.63) is 71.8 Å². The topological polar surface area (TPSA) is 24.8 Å². The molecule has 1 aliphatic rings. The number of ether oxygens (including phenoxy) is 1. The lowest BCUT2D eigenvalue weighted by Crippen LogP contribution is -2.30. The van der Waals surface area contributed by atoms with Crippen LogP contribution in [0.25, 0.3) is 0 Å². The van der Waals surface area contributed by atoms with E-state index in [1.54, 1.807) is 7.11 Å². The van der Waals surface area contributed by atoms with Crippen LogP contribution in [0.4, 0.5) is 0 Å². The maximum absolute atomic E-state index is 5.38. The van der Waals surface area contributed by atoms with Crippen LogP contribution in [0.15, 0.2) is 65.8 Å². The van der Waals surface area contributed by atoms with Crippen LogP contribution in [0.1, 0.15) is 36.8 Å². The van der Waals surface area contributed by atoms with E-state index in [2.05, 4.69) is 72.6 Å². The number of methoxy groups -OCH3 is 1. The molecule has 1 heterocycles. The summed E-state index contributed by atoms with van der Waals surface area (Å²) in [5.74, 6) is 0.248. The maximum Gasteiger partial charge on any atom is 0.0749 e. The van der Waals surface area contributed by atoms with E-state index < -0.39 is 0 Å². The molecule has 0 spiro atoms. The van der Waals surface area contributed by atoms with Crippen molar-refractivity contribution in [2.24, 2.45) is 5.10 Å². The van der Waals surface area contributed by atoms with E-state index in [-0.39, 0.29) is 5.92 Å². The SMILES string of the molecule is COCC1CCCN1/N=C(\c1ccccc1)C(C)c1ccccc1. The van der Waals surface area contributed by atoms with E-state index in [9.17, 15) is 0 Å². The largest absolute Gasteiger partial charge is 0.382 e. The lowest BCUT2D eigenvalue weighted by atomic mass is 9.91. The summed E-state index contributed by atoms with van der Waals surface area (Å²) in [5, 5.41) is 7.32. The van der Waals surface area contributed by atoms with E-state index in [1.807, 2.05) is 0 Å². The summed E-state index contributed by atoms with van der Waals surface area (Å²) in [7, 11) is 1.77. The second-order valence-electron chi connectivity index (χ2n) is 6.40. The number of rotatable bonds is 6. The summed E-state index contributed by atoms with van der Waals surface area (Å²) < 4.78 is 5.38. The summed E-state index contributed by atoms with van der Waals surface area (Å²) in [4.78, 5) is 0. The van der Waals surface area contributed by atoms with Gasteiger partial charge in [0.2, 0.25) is 0 Å². The highest BCUT2D eigenvalue weighted by Gasteiger charge is 2.25. The molecule has 2 unspecified atom stereocenters. The average Bonchev–Trinajstić information content (AvgIpc) is 3.08. The number of nitrogens with zero attached hydrogens (tertiary/aromatic N) is 2. The van der Waals surface area contributed by atoms with Gasteiger partial charge < -0.3 is 4.74 Å². The molecule has 0 aromatic heterocycles. The van der Waals surface area contributed by atoms with Gasteiger partial charge in [0.25, 0.3) is 0 Å². The lowest BCUT2D eigenvalue weighted by molar-refractivity contribution is 0.118. The highest BCUT2D eigenvalue weighted by Crippen LogP contribution is 2.25. The van der Waals surface area contributed by atoms with E-state index in [1.165, 1.54) is 17.5 Å². The first-order valence-electron chi connectivity index (χ1n) is 8.74. The Bertz CT molecular complexity index is 654. The number of hydrogen-bond donors (Lipinski definition) is 0. The highest BCUT2D eigenvalue weighted by atomic mass is 16.5. The van der Waals surface area contributed by atoms with Crippen molar-refractivity contribution >= 4 is 5.71 Å². The number of hydrogen-bond acceptors (Lipinski definition) is 3. The fraction of sp³-hybridized carbons (Fsp3) is 0.381. The Kier molecular flexibility index (Phi) is 5.65. The molecule has 0 N–H and O–H groups in total. The van der Waals surface area contributed by atoms with Crippen LogP contribution in [0.5, 0.6) is 0 Å². The number of hydrazone groups is 1. The summed E-state index contributed by atoms with van der Waals surface area (Å²) in [6, 6.07) is 21.5. The molecule has 24 heavy (non-hydrogen) atoms. The molecule has 1 fully saturated rings. The van der Waals surface area contributed by atoms with Gasteiger partial charge >= 0.3 is 0 Å². The van der Waals surface area contributed by atoms with Crippen LogP contribution in [-0.2, 0) is 4.74 Å². The summed E-state index contributed by atoms with van der Waals surface area (Å²) in [5.41, 5.74) is 3.62. The van der Waals surface area contributed by atoms with E-state index in [4.69, 9.17) is 9.84 Å². The van der Waals surface area contributed by atoms with Gasteiger partial charge in [-0.3, -0.25) is 5.01 Å². The molecule has 126 valence electrons. The fourth-order valence-electron chi connectivity index (χ4n) is 3.36. The molecule has 3 heteroatoms. The Morgan fingerprint density at radius 1 is 1.12 bits per heavy atom. The van der Waals surface area contributed by atoms with Gasteiger partial charge in [-0.15, -0.1) is 0 Å². The Balaban J connectivity index is 1.95. The zero-order chi connectivity index (χ0) is 16.8. The van der Waals surface area contributed by atoms with Gasteiger partial charge in [0.15, 0.2) is 0 Å². The molecule has 0 amide bonds. The normalized spacial score (nSPS) is 19.5. The van der Waals surface area contributed by atoms with E-state index in [0.29, 0.717) is 6.04 Å². The highest BCUT2D eigenvalue weighted by molar-refractivity contribution is 6.04. The molecular weight excluding hydrogens is 296 g/mol. The van der Waals surface area contributed by atoms with Crippen molar-refractivity contribution in [1.29, 1.82) is 0 Å². The second kappa shape index (κ2) is 8.11. The first-order chi connectivity index (χ1) is 11.8. The van der Waals surface area contributed by atoms with Gasteiger partial charge in [-0.25, -0.2) is 0 Å². The predicted octanol–water partition coefficient (Wildman–Crippen LogP) is 4.31. The van der Waals surface area contributed by atoms with Crippen molar-refractivity contribution in [3.8, 4) is 0 Å². The van der Waals surface area contributed by atoms with Gasteiger partial charge in [-0.1, -0.05) is 67.6 Å². The molecule has 0 aliphatic carbocycles. The third-order valence-electron chi connectivity index (χ3n) is 4.72. The molecule has 3 nitrogen and oxygen atoms in total. The Morgan fingerprint density at radius 3 is 2.46 bits per heavy atom. The minimum Gasteiger partial charge on any atom is -0.382 e. The standard InChI is InChI=1S/C21H26N2O/c1-17(18-10-5-3-6-11-18)21(19-12-7-4-8-13-19)22-23-15-9-14-20(23)16-24-2/h3-8,10-13,17,20H,9,14-16H2,1-2H3/b22-21-. The second-order valence-corrected chi connectivity index (χ2v) is 6.40. The van der Waals surface area contributed by atoms with Gasteiger partial charge in [0.1, 0.15) is 0 Å². The average molecular weight is 322 g/mol. The minimum absolute atomic E-state index is 0.248. The van der Waals surface area contributed by atoms with Gasteiger partial charge in [0, 0.05) is 19.6 Å². The van der Waals surface area contributed by atoms with Crippen molar-refractivity contribution < 1.29 is 4.74 Å². The van der Waals surface area contributed by atoms with Crippen LogP contribution in [0, 0.1) is 0 Å². The molecule has 2 atom stereocenters. The van der Waals surface area contributed by atoms with Gasteiger partial charge in [-0.05, 0) is 24.0 Å². The van der Waals surface area contributed by atoms with Crippen molar-refractivity contribution in [2.75, 3.05) is 20.3 Å². The van der Waals surface area contributed by atoms with Crippen molar-refractivity contribution in [2.45, 2.75) is 31.7 Å². The molecule has 0 radical (unpaired) electrons. The zero-order valence-corrected chi connectivity index (χ0v) is 14.6. The van der Waals surface area contributed by atoms with E-state index >= 15 is 0 Å². The summed E-state index contributed by atoms with van der Waals surface area (Å²) >= 11 is 0. The van der Waals surface area contributed by atoms with Crippen molar-refractivity contribution in [1.82, 2.24) is 5.01 Å². The predicted molar refractivity (Wildman–Crippen MR) is 99.4 cm³/mol. The summed E-state index contributed by atoms with van der Waals surface area (Å²) in [6.07, 6.45) is 2.33. The molecular formula is C21H26N2O. The number of benzene rings is 2.